The van der Waals surface area contributed by atoms with E-state index in [1.165, 1.54) is 11.1 Å². The minimum absolute atomic E-state index is 0.382. The number of hydrogen-bond acceptors (Lipinski definition) is 2. The second-order valence-corrected chi connectivity index (χ2v) is 5.51. The summed E-state index contributed by atoms with van der Waals surface area (Å²) in [5, 5.41) is 8.54. The highest BCUT2D eigenvalue weighted by molar-refractivity contribution is 5.21. The highest BCUT2D eigenvalue weighted by Crippen LogP contribution is 2.27. The molecule has 0 aliphatic heterocycles. The molecule has 0 heterocycles. The van der Waals surface area contributed by atoms with E-state index in [1.54, 1.807) is 6.08 Å². The third-order valence-corrected chi connectivity index (χ3v) is 4.08. The molecule has 0 N–H and O–H groups in total. The molecule has 2 nitrogen and oxygen atoms in total. The Kier molecular flexibility index (Phi) is 5.83. The van der Waals surface area contributed by atoms with Crippen molar-refractivity contribution in [1.82, 2.24) is 0 Å². The van der Waals surface area contributed by atoms with Crippen LogP contribution < -0.4 is 0 Å². The van der Waals surface area contributed by atoms with Gasteiger partial charge >= 0.3 is 0 Å². The molecule has 0 bridgehead atoms. The van der Waals surface area contributed by atoms with E-state index < -0.39 is 0 Å². The van der Waals surface area contributed by atoms with Gasteiger partial charge in [0.2, 0.25) is 0 Å². The number of nitrogens with zero attached hydrogens (tertiary/aromatic N) is 1. The van der Waals surface area contributed by atoms with Crippen LogP contribution in [-0.4, -0.2) is 6.10 Å². The molecule has 2 heteroatoms. The fourth-order valence-corrected chi connectivity index (χ4v) is 2.71. The van der Waals surface area contributed by atoms with Gasteiger partial charge in [-0.1, -0.05) is 37.3 Å². The molecular formula is C18H23NO. The molecule has 106 valence electrons. The van der Waals surface area contributed by atoms with Gasteiger partial charge in [0.25, 0.3) is 0 Å². The third kappa shape index (κ3) is 4.51. The monoisotopic (exact) mass is 269 g/mol. The van der Waals surface area contributed by atoms with Crippen LogP contribution in [0.1, 0.15) is 43.7 Å². The number of nitriles is 1. The summed E-state index contributed by atoms with van der Waals surface area (Å²) in [6, 6.07) is 10.8. The molecule has 0 aromatic heterocycles. The molecule has 20 heavy (non-hydrogen) atoms. The number of ether oxygens (including phenoxy) is 1. The van der Waals surface area contributed by atoms with E-state index in [1.807, 2.05) is 6.08 Å². The second kappa shape index (κ2) is 7.87. The SMILES string of the molecule is CCc1ccc(COC2CCC(C=CC#N)CC2)cc1. The molecule has 1 saturated carbocycles. The zero-order valence-corrected chi connectivity index (χ0v) is 12.2. The van der Waals surface area contributed by atoms with Crippen molar-refractivity contribution in [2.75, 3.05) is 0 Å². The first-order chi connectivity index (χ1) is 9.81. The van der Waals surface area contributed by atoms with E-state index in [-0.39, 0.29) is 0 Å². The first-order valence-electron chi connectivity index (χ1n) is 7.57. The van der Waals surface area contributed by atoms with E-state index in [9.17, 15) is 0 Å². The summed E-state index contributed by atoms with van der Waals surface area (Å²) >= 11 is 0. The van der Waals surface area contributed by atoms with E-state index in [2.05, 4.69) is 37.3 Å². The Labute approximate surface area is 122 Å². The van der Waals surface area contributed by atoms with Gasteiger partial charge < -0.3 is 4.74 Å². The zero-order chi connectivity index (χ0) is 14.2. The molecule has 2 rings (SSSR count). The summed E-state index contributed by atoms with van der Waals surface area (Å²) in [6.07, 6.45) is 9.60. The molecule has 0 atom stereocenters. The first kappa shape index (κ1) is 14.8. The van der Waals surface area contributed by atoms with E-state index in [0.717, 1.165) is 32.1 Å². The summed E-state index contributed by atoms with van der Waals surface area (Å²) in [7, 11) is 0. The first-order valence-corrected chi connectivity index (χ1v) is 7.57. The Morgan fingerprint density at radius 2 is 1.80 bits per heavy atom. The molecule has 0 saturated heterocycles. The quantitative estimate of drug-likeness (QED) is 0.742. The molecule has 1 aliphatic carbocycles. The molecule has 0 spiro atoms. The number of benzene rings is 1. The van der Waals surface area contributed by atoms with E-state index >= 15 is 0 Å². The molecule has 1 aromatic rings. The van der Waals surface area contributed by atoms with Crippen molar-refractivity contribution in [2.24, 2.45) is 5.92 Å². The fraction of sp³-hybridized carbons (Fsp3) is 0.500. The number of allylic oxidation sites excluding steroid dienone is 2. The van der Waals surface area contributed by atoms with Crippen molar-refractivity contribution in [3.05, 3.63) is 47.5 Å². The lowest BCUT2D eigenvalue weighted by molar-refractivity contribution is 0.0110. The van der Waals surface area contributed by atoms with Gasteiger partial charge in [-0.15, -0.1) is 0 Å². The van der Waals surface area contributed by atoms with Gasteiger partial charge in [-0.05, 0) is 49.1 Å². The van der Waals surface area contributed by atoms with Crippen LogP contribution >= 0.6 is 0 Å². The Balaban J connectivity index is 1.73. The topological polar surface area (TPSA) is 33.0 Å². The molecule has 1 fully saturated rings. The maximum absolute atomic E-state index is 8.54. The maximum Gasteiger partial charge on any atom is 0.0908 e. The van der Waals surface area contributed by atoms with E-state index in [4.69, 9.17) is 10.00 Å². The molecular weight excluding hydrogens is 246 g/mol. The maximum atomic E-state index is 8.54. The minimum atomic E-state index is 0.382. The average molecular weight is 269 g/mol. The lowest BCUT2D eigenvalue weighted by Gasteiger charge is -2.26. The normalized spacial score (nSPS) is 22.8. The van der Waals surface area contributed by atoms with Crippen molar-refractivity contribution in [1.29, 1.82) is 5.26 Å². The standard InChI is InChI=1S/C18H23NO/c1-2-15-5-7-17(8-6-15)14-20-18-11-9-16(10-12-18)4-3-13-19/h3-8,16,18H,2,9-12,14H2,1H3. The van der Waals surface area contributed by atoms with Gasteiger partial charge in [0.05, 0.1) is 18.8 Å². The van der Waals surface area contributed by atoms with E-state index in [0.29, 0.717) is 18.6 Å². The predicted molar refractivity (Wildman–Crippen MR) is 81.1 cm³/mol. The number of hydrogen-bond donors (Lipinski definition) is 0. The van der Waals surface area contributed by atoms with Gasteiger partial charge in [0, 0.05) is 6.08 Å². The largest absolute Gasteiger partial charge is 0.374 e. The highest BCUT2D eigenvalue weighted by Gasteiger charge is 2.19. The molecule has 0 radical (unpaired) electrons. The number of rotatable bonds is 5. The Bertz CT molecular complexity index is 461. The summed E-state index contributed by atoms with van der Waals surface area (Å²) < 4.78 is 6.01. The van der Waals surface area contributed by atoms with Gasteiger partial charge in [-0.3, -0.25) is 0 Å². The smallest absolute Gasteiger partial charge is 0.0908 e. The van der Waals surface area contributed by atoms with Gasteiger partial charge in [0.1, 0.15) is 0 Å². The Hall–Kier alpha value is -1.59. The lowest BCUT2D eigenvalue weighted by Crippen LogP contribution is -2.20. The number of aryl methyl sites for hydroxylation is 1. The molecule has 0 amide bonds. The van der Waals surface area contributed by atoms with Crippen molar-refractivity contribution < 1.29 is 4.74 Å². The van der Waals surface area contributed by atoms with Crippen LogP contribution in [0.4, 0.5) is 0 Å². The fourth-order valence-electron chi connectivity index (χ4n) is 2.71. The summed E-state index contributed by atoms with van der Waals surface area (Å²) in [4.78, 5) is 0. The van der Waals surface area contributed by atoms with Gasteiger partial charge in [-0.2, -0.15) is 5.26 Å². The summed E-state index contributed by atoms with van der Waals surface area (Å²) in [5.74, 6) is 0.568. The molecule has 1 aromatic carbocycles. The third-order valence-electron chi connectivity index (χ3n) is 4.08. The van der Waals surface area contributed by atoms with Crippen molar-refractivity contribution in [3.8, 4) is 6.07 Å². The van der Waals surface area contributed by atoms with Crippen LogP contribution in [0.2, 0.25) is 0 Å². The molecule has 1 aliphatic rings. The Morgan fingerprint density at radius 1 is 1.15 bits per heavy atom. The van der Waals surface area contributed by atoms with Gasteiger partial charge in [-0.25, -0.2) is 0 Å². The highest BCUT2D eigenvalue weighted by atomic mass is 16.5. The summed E-state index contributed by atoms with van der Waals surface area (Å²) in [6.45, 7) is 2.89. The zero-order valence-electron chi connectivity index (χ0n) is 12.2. The molecule has 0 unspecified atom stereocenters. The van der Waals surface area contributed by atoms with Crippen molar-refractivity contribution in [2.45, 2.75) is 51.7 Å². The van der Waals surface area contributed by atoms with Crippen LogP contribution in [-0.2, 0) is 17.8 Å². The lowest BCUT2D eigenvalue weighted by atomic mass is 9.87. The van der Waals surface area contributed by atoms with Crippen molar-refractivity contribution >= 4 is 0 Å². The summed E-state index contributed by atoms with van der Waals surface area (Å²) in [5.41, 5.74) is 2.63. The second-order valence-electron chi connectivity index (χ2n) is 5.51. The van der Waals surface area contributed by atoms with Crippen LogP contribution in [0.15, 0.2) is 36.4 Å². The van der Waals surface area contributed by atoms with Crippen LogP contribution in [0.3, 0.4) is 0 Å². The van der Waals surface area contributed by atoms with Crippen LogP contribution in [0, 0.1) is 17.2 Å². The van der Waals surface area contributed by atoms with Crippen LogP contribution in [0.5, 0.6) is 0 Å². The van der Waals surface area contributed by atoms with Crippen molar-refractivity contribution in [3.63, 3.8) is 0 Å². The predicted octanol–water partition coefficient (Wildman–Crippen LogP) is 4.40. The van der Waals surface area contributed by atoms with Gasteiger partial charge in [0.15, 0.2) is 0 Å². The average Bonchev–Trinajstić information content (AvgIpc) is 2.52. The van der Waals surface area contributed by atoms with Crippen LogP contribution in [0.25, 0.3) is 0 Å². The minimum Gasteiger partial charge on any atom is -0.374 e. The Morgan fingerprint density at radius 3 is 2.40 bits per heavy atom.